The van der Waals surface area contributed by atoms with E-state index in [4.69, 9.17) is 0 Å². The second-order valence-corrected chi connectivity index (χ2v) is 3.68. The normalized spacial score (nSPS) is 10.8. The van der Waals surface area contributed by atoms with Gasteiger partial charge in [0, 0.05) is 12.6 Å². The molecule has 1 aromatic carbocycles. The molecule has 3 aromatic rings. The minimum absolute atomic E-state index is 0.862. The maximum absolute atomic E-state index is 4.57. The van der Waals surface area contributed by atoms with Crippen molar-refractivity contribution in [3.63, 3.8) is 0 Å². The van der Waals surface area contributed by atoms with Crippen molar-refractivity contribution in [2.45, 2.75) is 0 Å². The third-order valence-corrected chi connectivity index (χ3v) is 2.56. The van der Waals surface area contributed by atoms with Crippen LogP contribution in [0.5, 0.6) is 0 Å². The van der Waals surface area contributed by atoms with E-state index in [1.807, 2.05) is 54.1 Å². The summed E-state index contributed by atoms with van der Waals surface area (Å²) in [5.74, 6) is 0. The molecule has 0 unspecified atom stereocenters. The first-order chi connectivity index (χ1) is 7.84. The van der Waals surface area contributed by atoms with E-state index in [1.54, 1.807) is 0 Å². The van der Waals surface area contributed by atoms with Gasteiger partial charge >= 0.3 is 0 Å². The molecule has 0 atom stereocenters. The van der Waals surface area contributed by atoms with Crippen molar-refractivity contribution in [1.29, 1.82) is 0 Å². The molecular formula is C13H10N3. The number of nitrogens with zero attached hydrogens (tertiary/aromatic N) is 3. The number of imidazole rings is 1. The Labute approximate surface area is 93.4 Å². The van der Waals surface area contributed by atoms with Crippen LogP contribution < -0.4 is 0 Å². The molecule has 2 aromatic heterocycles. The number of fused-ring (bicyclic) bond motifs is 1. The van der Waals surface area contributed by atoms with Gasteiger partial charge in [0.2, 0.25) is 0 Å². The van der Waals surface area contributed by atoms with E-state index in [9.17, 15) is 0 Å². The molecule has 0 fully saturated rings. The quantitative estimate of drug-likeness (QED) is 0.615. The number of aromatic nitrogens is 3. The van der Waals surface area contributed by atoms with Crippen LogP contribution in [0.4, 0.5) is 0 Å². The van der Waals surface area contributed by atoms with Crippen molar-refractivity contribution < 1.29 is 0 Å². The van der Waals surface area contributed by atoms with E-state index >= 15 is 0 Å². The summed E-state index contributed by atoms with van der Waals surface area (Å²) in [6.07, 6.45) is 2.86. The zero-order chi connectivity index (χ0) is 11.0. The number of hydrogen-bond donors (Lipinski definition) is 0. The van der Waals surface area contributed by atoms with Gasteiger partial charge in [0.05, 0.1) is 5.69 Å². The van der Waals surface area contributed by atoms with E-state index in [1.165, 1.54) is 0 Å². The molecule has 0 aliphatic carbocycles. The minimum Gasteiger partial charge on any atom is -0.309 e. The van der Waals surface area contributed by atoms with Gasteiger partial charge < -0.3 is 4.57 Å². The molecule has 0 aliphatic rings. The first kappa shape index (κ1) is 9.09. The zero-order valence-electron chi connectivity index (χ0n) is 8.88. The highest BCUT2D eigenvalue weighted by Gasteiger charge is 2.04. The molecule has 2 heterocycles. The number of aryl methyl sites for hydroxylation is 1. The third kappa shape index (κ3) is 1.37. The van der Waals surface area contributed by atoms with Gasteiger partial charge in [-0.1, -0.05) is 30.3 Å². The zero-order valence-corrected chi connectivity index (χ0v) is 8.88. The molecule has 0 aliphatic heterocycles. The largest absolute Gasteiger partial charge is 0.309 e. The van der Waals surface area contributed by atoms with Crippen molar-refractivity contribution >= 4 is 11.2 Å². The average molecular weight is 208 g/mol. The predicted molar refractivity (Wildman–Crippen MR) is 62.8 cm³/mol. The Morgan fingerprint density at radius 2 is 1.88 bits per heavy atom. The Morgan fingerprint density at radius 1 is 1.06 bits per heavy atom. The highest BCUT2D eigenvalue weighted by atomic mass is 15.1. The molecule has 3 nitrogen and oxygen atoms in total. The summed E-state index contributed by atoms with van der Waals surface area (Å²) in [6.45, 7) is 0. The molecule has 77 valence electrons. The molecule has 3 rings (SSSR count). The van der Waals surface area contributed by atoms with E-state index in [-0.39, 0.29) is 0 Å². The number of rotatable bonds is 1. The van der Waals surface area contributed by atoms with Crippen LogP contribution in [-0.4, -0.2) is 14.5 Å². The summed E-state index contributed by atoms with van der Waals surface area (Å²) < 4.78 is 1.81. The molecule has 3 heteroatoms. The summed E-state index contributed by atoms with van der Waals surface area (Å²) in [5.41, 5.74) is 3.82. The average Bonchev–Trinajstić information content (AvgIpc) is 2.72. The first-order valence-corrected chi connectivity index (χ1v) is 5.11. The van der Waals surface area contributed by atoms with Gasteiger partial charge in [-0.25, -0.2) is 9.97 Å². The first-order valence-electron chi connectivity index (χ1n) is 5.11. The molecule has 0 N–H and O–H groups in total. The summed E-state index contributed by atoms with van der Waals surface area (Å²) in [4.78, 5) is 8.70. The molecule has 0 bridgehead atoms. The van der Waals surface area contributed by atoms with E-state index in [0.717, 1.165) is 22.4 Å². The minimum atomic E-state index is 0.862. The Hall–Kier alpha value is -2.16. The van der Waals surface area contributed by atoms with Crippen molar-refractivity contribution in [1.82, 2.24) is 14.5 Å². The smallest absolute Gasteiger partial charge is 0.178 e. The molecule has 0 amide bonds. The van der Waals surface area contributed by atoms with Crippen molar-refractivity contribution in [2.24, 2.45) is 7.05 Å². The van der Waals surface area contributed by atoms with Gasteiger partial charge in [0.25, 0.3) is 0 Å². The van der Waals surface area contributed by atoms with Crippen molar-refractivity contribution in [3.05, 3.63) is 48.8 Å². The van der Waals surface area contributed by atoms with Crippen molar-refractivity contribution in [3.8, 4) is 11.3 Å². The molecule has 0 saturated carbocycles. The molecule has 16 heavy (non-hydrogen) atoms. The summed E-state index contributed by atoms with van der Waals surface area (Å²) in [5, 5.41) is 0. The summed E-state index contributed by atoms with van der Waals surface area (Å²) >= 11 is 0. The van der Waals surface area contributed by atoms with Crippen LogP contribution in [-0.2, 0) is 7.05 Å². The van der Waals surface area contributed by atoms with Crippen LogP contribution in [0, 0.1) is 6.33 Å². The molecule has 0 spiro atoms. The van der Waals surface area contributed by atoms with Crippen LogP contribution in [0.3, 0.4) is 0 Å². The second kappa shape index (κ2) is 3.45. The van der Waals surface area contributed by atoms with Gasteiger partial charge in [-0.3, -0.25) is 0 Å². The van der Waals surface area contributed by atoms with Crippen LogP contribution >= 0.6 is 0 Å². The van der Waals surface area contributed by atoms with Gasteiger partial charge in [0.1, 0.15) is 5.52 Å². The fourth-order valence-electron chi connectivity index (χ4n) is 1.72. The highest BCUT2D eigenvalue weighted by Crippen LogP contribution is 2.19. The summed E-state index contributed by atoms with van der Waals surface area (Å²) in [6, 6.07) is 14.1. The lowest BCUT2D eigenvalue weighted by molar-refractivity contribution is 0.920. The van der Waals surface area contributed by atoms with Crippen LogP contribution in [0.25, 0.3) is 22.4 Å². The second-order valence-electron chi connectivity index (χ2n) is 3.68. The predicted octanol–water partition coefficient (Wildman–Crippen LogP) is 2.44. The van der Waals surface area contributed by atoms with Crippen LogP contribution in [0.15, 0.2) is 42.5 Å². The molecule has 0 saturated heterocycles. The Kier molecular flexibility index (Phi) is 1.96. The van der Waals surface area contributed by atoms with Crippen molar-refractivity contribution in [2.75, 3.05) is 0 Å². The van der Waals surface area contributed by atoms with E-state index in [2.05, 4.69) is 16.3 Å². The SMILES string of the molecule is Cn1[c]nc2ccc(-c3ccccc3)nc21. The molecular weight excluding hydrogens is 198 g/mol. The highest BCUT2D eigenvalue weighted by molar-refractivity contribution is 5.75. The monoisotopic (exact) mass is 208 g/mol. The fraction of sp³-hybridized carbons (Fsp3) is 0.0769. The van der Waals surface area contributed by atoms with E-state index in [0.29, 0.717) is 0 Å². The summed E-state index contributed by atoms with van der Waals surface area (Å²) in [7, 11) is 1.90. The fourth-order valence-corrected chi connectivity index (χ4v) is 1.72. The topological polar surface area (TPSA) is 30.7 Å². The Morgan fingerprint density at radius 3 is 2.69 bits per heavy atom. The maximum Gasteiger partial charge on any atom is 0.178 e. The van der Waals surface area contributed by atoms with Gasteiger partial charge in [0.15, 0.2) is 12.0 Å². The van der Waals surface area contributed by atoms with Gasteiger partial charge in [-0.15, -0.1) is 0 Å². The van der Waals surface area contributed by atoms with Crippen LogP contribution in [0.2, 0.25) is 0 Å². The lowest BCUT2D eigenvalue weighted by Crippen LogP contribution is -1.90. The number of pyridine rings is 1. The standard InChI is InChI=1S/C13H10N3/c1-16-9-14-12-8-7-11(15-13(12)16)10-5-3-2-4-6-10/h2-8H,1H3. The number of hydrogen-bond acceptors (Lipinski definition) is 2. The van der Waals surface area contributed by atoms with Gasteiger partial charge in [-0.05, 0) is 12.1 Å². The third-order valence-electron chi connectivity index (χ3n) is 2.56. The maximum atomic E-state index is 4.57. The van der Waals surface area contributed by atoms with E-state index < -0.39 is 0 Å². The Balaban J connectivity index is 2.22. The van der Waals surface area contributed by atoms with Crippen LogP contribution in [0.1, 0.15) is 0 Å². The lowest BCUT2D eigenvalue weighted by Gasteiger charge is -2.00. The lowest BCUT2D eigenvalue weighted by atomic mass is 10.1. The Bertz CT molecular complexity index is 626. The van der Waals surface area contributed by atoms with Gasteiger partial charge in [-0.2, -0.15) is 0 Å². The number of benzene rings is 1. The molecule has 1 radical (unpaired) electrons.